The number of anilines is 1. The van der Waals surface area contributed by atoms with Gasteiger partial charge in [-0.1, -0.05) is 6.07 Å². The highest BCUT2D eigenvalue weighted by atomic mass is 32.1. The fraction of sp³-hybridized carbons (Fsp3) is 0.455. The third-order valence-corrected chi connectivity index (χ3v) is 2.82. The number of thiocarbonyl (C=S) groups is 1. The number of hydrogen-bond donors (Lipinski definition) is 3. The Morgan fingerprint density at radius 3 is 2.88 bits per heavy atom. The van der Waals surface area contributed by atoms with Crippen molar-refractivity contribution in [2.75, 3.05) is 12.4 Å². The molecule has 1 heterocycles. The topological polar surface area (TPSA) is 49.0 Å². The van der Waals surface area contributed by atoms with Crippen LogP contribution in [0.25, 0.3) is 0 Å². The van der Waals surface area contributed by atoms with Crippen molar-refractivity contribution in [2.24, 2.45) is 5.92 Å². The van der Waals surface area contributed by atoms with Crippen molar-refractivity contribution in [1.29, 1.82) is 0 Å². The van der Waals surface area contributed by atoms with Crippen LogP contribution in [0.3, 0.4) is 0 Å². The van der Waals surface area contributed by atoms with Crippen LogP contribution in [0.2, 0.25) is 0 Å². The van der Waals surface area contributed by atoms with Crippen molar-refractivity contribution in [3.8, 4) is 0 Å². The van der Waals surface area contributed by atoms with Gasteiger partial charge in [0.15, 0.2) is 5.11 Å². The van der Waals surface area contributed by atoms with Gasteiger partial charge >= 0.3 is 0 Å². The lowest BCUT2D eigenvalue weighted by atomic mass is 10.3. The van der Waals surface area contributed by atoms with E-state index >= 15 is 0 Å². The van der Waals surface area contributed by atoms with Crippen LogP contribution < -0.4 is 16.0 Å². The molecule has 0 spiro atoms. The van der Waals surface area contributed by atoms with Gasteiger partial charge in [-0.3, -0.25) is 0 Å². The molecule has 1 aliphatic rings. The van der Waals surface area contributed by atoms with Crippen LogP contribution in [-0.2, 0) is 0 Å². The molecule has 1 atom stereocenters. The van der Waals surface area contributed by atoms with Gasteiger partial charge < -0.3 is 16.0 Å². The van der Waals surface area contributed by atoms with E-state index in [2.05, 4.69) is 20.9 Å². The fourth-order valence-electron chi connectivity index (χ4n) is 1.59. The van der Waals surface area contributed by atoms with E-state index in [9.17, 15) is 0 Å². The van der Waals surface area contributed by atoms with Gasteiger partial charge in [0.2, 0.25) is 0 Å². The molecule has 1 aromatic rings. The zero-order valence-corrected chi connectivity index (χ0v) is 10.1. The van der Waals surface area contributed by atoms with E-state index < -0.39 is 0 Å². The maximum Gasteiger partial charge on any atom is 0.173 e. The van der Waals surface area contributed by atoms with Gasteiger partial charge in [-0.15, -0.1) is 0 Å². The first-order valence-electron chi connectivity index (χ1n) is 5.45. The molecule has 1 fully saturated rings. The first-order chi connectivity index (χ1) is 7.79. The number of rotatable bonds is 4. The molecule has 3 N–H and O–H groups in total. The molecule has 16 heavy (non-hydrogen) atoms. The predicted octanol–water partition coefficient (Wildman–Crippen LogP) is 1.32. The van der Waals surface area contributed by atoms with E-state index in [1.165, 1.54) is 12.8 Å². The maximum absolute atomic E-state index is 5.22. The molecular weight excluding hydrogens is 220 g/mol. The van der Waals surface area contributed by atoms with E-state index in [0.29, 0.717) is 11.0 Å². The monoisotopic (exact) mass is 236 g/mol. The summed E-state index contributed by atoms with van der Waals surface area (Å²) in [6.07, 6.45) is 4.54. The first-order valence-corrected chi connectivity index (χ1v) is 5.86. The largest absolute Gasteiger partial charge is 0.347 e. The summed E-state index contributed by atoms with van der Waals surface area (Å²) in [5.74, 6) is 1.47. The van der Waals surface area contributed by atoms with Gasteiger partial charge in [0.25, 0.3) is 0 Å². The molecule has 1 aliphatic carbocycles. The van der Waals surface area contributed by atoms with Crippen molar-refractivity contribution in [1.82, 2.24) is 15.6 Å². The van der Waals surface area contributed by atoms with Gasteiger partial charge in [0, 0.05) is 6.20 Å². The van der Waals surface area contributed by atoms with Crippen LogP contribution in [0.1, 0.15) is 12.8 Å². The number of pyridine rings is 1. The average molecular weight is 236 g/mol. The summed E-state index contributed by atoms with van der Waals surface area (Å²) in [5.41, 5.74) is 0. The van der Waals surface area contributed by atoms with Crippen LogP contribution in [0.4, 0.5) is 5.82 Å². The maximum atomic E-state index is 5.22. The van der Waals surface area contributed by atoms with Crippen LogP contribution >= 0.6 is 12.2 Å². The minimum atomic E-state index is 0.267. The summed E-state index contributed by atoms with van der Waals surface area (Å²) >= 11 is 5.22. The molecule has 1 saturated carbocycles. The number of nitrogens with zero attached hydrogens (tertiary/aromatic N) is 1. The van der Waals surface area contributed by atoms with Crippen molar-refractivity contribution in [2.45, 2.75) is 19.0 Å². The van der Waals surface area contributed by atoms with Crippen molar-refractivity contribution in [3.05, 3.63) is 24.4 Å². The van der Waals surface area contributed by atoms with Gasteiger partial charge in [-0.2, -0.15) is 0 Å². The number of nitrogens with one attached hydrogen (secondary N) is 3. The Morgan fingerprint density at radius 2 is 2.31 bits per heavy atom. The van der Waals surface area contributed by atoms with Crippen molar-refractivity contribution >= 4 is 23.1 Å². The third kappa shape index (κ3) is 3.15. The van der Waals surface area contributed by atoms with Gasteiger partial charge in [-0.05, 0) is 50.2 Å². The third-order valence-electron chi connectivity index (χ3n) is 2.60. The second kappa shape index (κ2) is 5.23. The molecule has 0 amide bonds. The Morgan fingerprint density at radius 1 is 1.50 bits per heavy atom. The lowest BCUT2D eigenvalue weighted by Gasteiger charge is -2.19. The summed E-state index contributed by atoms with van der Waals surface area (Å²) in [4.78, 5) is 4.15. The summed E-state index contributed by atoms with van der Waals surface area (Å²) in [5, 5.41) is 10.1. The molecule has 5 heteroatoms. The molecule has 4 nitrogen and oxygen atoms in total. The molecule has 1 aromatic heterocycles. The zero-order valence-electron chi connectivity index (χ0n) is 9.23. The number of hydrogen-bond acceptors (Lipinski definition) is 3. The van der Waals surface area contributed by atoms with Crippen molar-refractivity contribution in [3.63, 3.8) is 0 Å². The molecule has 86 valence electrons. The Hall–Kier alpha value is -1.20. The number of aromatic nitrogens is 1. The Labute approximate surface area is 101 Å². The smallest absolute Gasteiger partial charge is 0.173 e. The molecule has 0 aliphatic heterocycles. The lowest BCUT2D eigenvalue weighted by Crippen LogP contribution is -2.46. The van der Waals surface area contributed by atoms with E-state index in [0.717, 1.165) is 5.82 Å². The van der Waals surface area contributed by atoms with Crippen molar-refractivity contribution < 1.29 is 0 Å². The molecule has 1 unspecified atom stereocenters. The minimum Gasteiger partial charge on any atom is -0.347 e. The molecule has 2 rings (SSSR count). The molecular formula is C11H16N4S. The zero-order chi connectivity index (χ0) is 11.4. The normalized spacial score (nSPS) is 16.6. The van der Waals surface area contributed by atoms with Gasteiger partial charge in [0.05, 0.1) is 6.17 Å². The van der Waals surface area contributed by atoms with Crippen LogP contribution in [0.5, 0.6) is 0 Å². The highest BCUT2D eigenvalue weighted by Gasteiger charge is 2.30. The van der Waals surface area contributed by atoms with Crippen LogP contribution in [0, 0.1) is 5.92 Å². The molecule has 0 aromatic carbocycles. The Balaban J connectivity index is 1.83. The predicted molar refractivity (Wildman–Crippen MR) is 69.2 cm³/mol. The second-order valence-electron chi connectivity index (χ2n) is 3.92. The van der Waals surface area contributed by atoms with Gasteiger partial charge in [0.1, 0.15) is 5.82 Å². The Kier molecular flexibility index (Phi) is 3.69. The lowest BCUT2D eigenvalue weighted by molar-refractivity contribution is 0.476. The average Bonchev–Trinajstić information content (AvgIpc) is 3.11. The van der Waals surface area contributed by atoms with E-state index in [4.69, 9.17) is 12.2 Å². The Bertz CT molecular complexity index is 350. The summed E-state index contributed by atoms with van der Waals surface area (Å²) in [7, 11) is 1.94. The quantitative estimate of drug-likeness (QED) is 0.544. The fourth-order valence-corrected chi connectivity index (χ4v) is 1.82. The highest BCUT2D eigenvalue weighted by molar-refractivity contribution is 7.80. The SMILES string of the molecule is CNC(NC(=S)Nc1ccccn1)C1CC1. The molecule has 0 bridgehead atoms. The molecule has 0 saturated heterocycles. The summed E-state index contributed by atoms with van der Waals surface area (Å²) in [6.45, 7) is 0. The van der Waals surface area contributed by atoms with Crippen LogP contribution in [0.15, 0.2) is 24.4 Å². The van der Waals surface area contributed by atoms with Crippen LogP contribution in [-0.4, -0.2) is 23.3 Å². The van der Waals surface area contributed by atoms with E-state index in [1.54, 1.807) is 6.20 Å². The summed E-state index contributed by atoms with van der Waals surface area (Å²) < 4.78 is 0. The minimum absolute atomic E-state index is 0.267. The standard InChI is InChI=1S/C11H16N4S/c1-12-10(8-5-6-8)15-11(16)14-9-4-2-3-7-13-9/h2-4,7-8,10,12H,5-6H2,1H3,(H2,13,14,15,16). The summed E-state index contributed by atoms with van der Waals surface area (Å²) in [6, 6.07) is 5.69. The first kappa shape index (κ1) is 11.3. The second-order valence-corrected chi connectivity index (χ2v) is 4.33. The highest BCUT2D eigenvalue weighted by Crippen LogP contribution is 2.31. The van der Waals surface area contributed by atoms with E-state index in [1.807, 2.05) is 25.2 Å². The van der Waals surface area contributed by atoms with Gasteiger partial charge in [-0.25, -0.2) is 4.98 Å². The van der Waals surface area contributed by atoms with E-state index in [-0.39, 0.29) is 6.17 Å². The molecule has 0 radical (unpaired) electrons.